The van der Waals surface area contributed by atoms with Gasteiger partial charge in [0, 0.05) is 29.8 Å². The van der Waals surface area contributed by atoms with Crippen molar-refractivity contribution in [2.24, 2.45) is 0 Å². The molecule has 3 heteroatoms. The molecule has 0 saturated heterocycles. The molecule has 22 heavy (non-hydrogen) atoms. The van der Waals surface area contributed by atoms with Crippen molar-refractivity contribution in [3.05, 3.63) is 77.9 Å². The number of para-hydroxylation sites is 1. The van der Waals surface area contributed by atoms with Gasteiger partial charge in [-0.1, -0.05) is 35.9 Å². The van der Waals surface area contributed by atoms with Gasteiger partial charge in [-0.2, -0.15) is 0 Å². The summed E-state index contributed by atoms with van der Waals surface area (Å²) in [6, 6.07) is 16.7. The third-order valence-electron chi connectivity index (χ3n) is 3.87. The standard InChI is InChI=1S/C19H16N2O/c1-13-6-7-14(12-19-20-8-9-21-19)16(10-13)18-11-15-4-2-3-5-17(15)22-18/h2-11H,12H2,1H3,(H,20,21). The molecule has 2 aromatic heterocycles. The van der Waals surface area contributed by atoms with Crippen molar-refractivity contribution in [3.8, 4) is 11.3 Å². The van der Waals surface area contributed by atoms with E-state index in [1.807, 2.05) is 24.4 Å². The molecule has 3 nitrogen and oxygen atoms in total. The molecule has 2 aromatic carbocycles. The number of aromatic amines is 1. The number of rotatable bonds is 3. The Balaban J connectivity index is 1.84. The van der Waals surface area contributed by atoms with E-state index in [9.17, 15) is 0 Å². The fraction of sp³-hybridized carbons (Fsp3) is 0.105. The molecule has 0 radical (unpaired) electrons. The molecule has 108 valence electrons. The van der Waals surface area contributed by atoms with E-state index in [4.69, 9.17) is 4.42 Å². The molecule has 0 saturated carbocycles. The maximum atomic E-state index is 6.04. The Morgan fingerprint density at radius 2 is 2.00 bits per heavy atom. The van der Waals surface area contributed by atoms with Crippen molar-refractivity contribution >= 4 is 11.0 Å². The van der Waals surface area contributed by atoms with Gasteiger partial charge >= 0.3 is 0 Å². The van der Waals surface area contributed by atoms with Gasteiger partial charge in [-0.05, 0) is 30.7 Å². The molecule has 0 bridgehead atoms. The Morgan fingerprint density at radius 1 is 1.09 bits per heavy atom. The van der Waals surface area contributed by atoms with E-state index in [2.05, 4.69) is 47.2 Å². The SMILES string of the molecule is Cc1ccc(Cc2ncc[nH]2)c(-c2cc3ccccc3o2)c1. The van der Waals surface area contributed by atoms with Crippen LogP contribution in [-0.4, -0.2) is 9.97 Å². The van der Waals surface area contributed by atoms with Gasteiger partial charge in [0.05, 0.1) is 0 Å². The van der Waals surface area contributed by atoms with Crippen molar-refractivity contribution in [1.29, 1.82) is 0 Å². The average Bonchev–Trinajstić information content (AvgIpc) is 3.18. The predicted octanol–water partition coefficient (Wildman–Crippen LogP) is 4.72. The zero-order chi connectivity index (χ0) is 14.9. The lowest BCUT2D eigenvalue weighted by Crippen LogP contribution is -1.94. The zero-order valence-electron chi connectivity index (χ0n) is 12.3. The second-order valence-electron chi connectivity index (χ2n) is 5.52. The van der Waals surface area contributed by atoms with Crippen LogP contribution >= 0.6 is 0 Å². The Kier molecular flexibility index (Phi) is 3.04. The molecule has 1 N–H and O–H groups in total. The molecule has 0 atom stereocenters. The molecule has 0 aliphatic rings. The quantitative estimate of drug-likeness (QED) is 0.592. The van der Waals surface area contributed by atoms with Gasteiger partial charge in [0.2, 0.25) is 0 Å². The topological polar surface area (TPSA) is 41.8 Å². The fourth-order valence-corrected chi connectivity index (χ4v) is 2.76. The Morgan fingerprint density at radius 3 is 2.82 bits per heavy atom. The Bertz CT molecular complexity index is 887. The number of fused-ring (bicyclic) bond motifs is 1. The molecule has 2 heterocycles. The number of nitrogens with one attached hydrogen (secondary N) is 1. The van der Waals surface area contributed by atoms with Crippen LogP contribution in [0, 0.1) is 6.92 Å². The van der Waals surface area contributed by atoms with E-state index in [0.717, 1.165) is 34.5 Å². The van der Waals surface area contributed by atoms with Crippen LogP contribution < -0.4 is 0 Å². The van der Waals surface area contributed by atoms with E-state index in [0.29, 0.717) is 0 Å². The monoisotopic (exact) mass is 288 g/mol. The summed E-state index contributed by atoms with van der Waals surface area (Å²) in [4.78, 5) is 7.49. The molecule has 0 spiro atoms. The van der Waals surface area contributed by atoms with Gasteiger partial charge < -0.3 is 9.40 Å². The summed E-state index contributed by atoms with van der Waals surface area (Å²) in [7, 11) is 0. The van der Waals surface area contributed by atoms with Crippen LogP contribution in [0.2, 0.25) is 0 Å². The van der Waals surface area contributed by atoms with Crippen molar-refractivity contribution in [1.82, 2.24) is 9.97 Å². The van der Waals surface area contributed by atoms with E-state index in [1.54, 1.807) is 6.20 Å². The van der Waals surface area contributed by atoms with Crippen molar-refractivity contribution in [2.75, 3.05) is 0 Å². The molecule has 0 unspecified atom stereocenters. The summed E-state index contributed by atoms with van der Waals surface area (Å²) >= 11 is 0. The number of aromatic nitrogens is 2. The first-order valence-electron chi connectivity index (χ1n) is 7.36. The lowest BCUT2D eigenvalue weighted by atomic mass is 9.99. The van der Waals surface area contributed by atoms with E-state index in [-0.39, 0.29) is 0 Å². The molecule has 4 rings (SSSR count). The number of hydrogen-bond acceptors (Lipinski definition) is 2. The van der Waals surface area contributed by atoms with Crippen LogP contribution in [0.15, 0.2) is 65.3 Å². The highest BCUT2D eigenvalue weighted by molar-refractivity contribution is 5.83. The van der Waals surface area contributed by atoms with Gasteiger partial charge in [-0.3, -0.25) is 0 Å². The highest BCUT2D eigenvalue weighted by Crippen LogP contribution is 2.31. The summed E-state index contributed by atoms with van der Waals surface area (Å²) in [5, 5.41) is 1.13. The van der Waals surface area contributed by atoms with Crippen LogP contribution in [0.25, 0.3) is 22.3 Å². The number of H-pyrrole nitrogens is 1. The number of benzene rings is 2. The molecule has 4 aromatic rings. The lowest BCUT2D eigenvalue weighted by Gasteiger charge is -2.07. The average molecular weight is 288 g/mol. The third-order valence-corrected chi connectivity index (χ3v) is 3.87. The van der Waals surface area contributed by atoms with Crippen LogP contribution in [0.1, 0.15) is 17.0 Å². The Labute approximate surface area is 128 Å². The molecule has 0 aliphatic carbocycles. The summed E-state index contributed by atoms with van der Waals surface area (Å²) in [5.41, 5.74) is 4.48. The third kappa shape index (κ3) is 2.31. The van der Waals surface area contributed by atoms with E-state index >= 15 is 0 Å². The lowest BCUT2D eigenvalue weighted by molar-refractivity contribution is 0.630. The van der Waals surface area contributed by atoms with Crippen molar-refractivity contribution in [2.45, 2.75) is 13.3 Å². The largest absolute Gasteiger partial charge is 0.456 e. The van der Waals surface area contributed by atoms with Crippen molar-refractivity contribution < 1.29 is 4.42 Å². The normalized spacial score (nSPS) is 11.1. The highest BCUT2D eigenvalue weighted by Gasteiger charge is 2.12. The second kappa shape index (κ2) is 5.19. The van der Waals surface area contributed by atoms with Gasteiger partial charge in [-0.15, -0.1) is 0 Å². The first kappa shape index (κ1) is 12.9. The highest BCUT2D eigenvalue weighted by atomic mass is 16.3. The number of aryl methyl sites for hydroxylation is 1. The summed E-state index contributed by atoms with van der Waals surface area (Å²) in [5.74, 6) is 1.87. The first-order chi connectivity index (χ1) is 10.8. The van der Waals surface area contributed by atoms with Crippen molar-refractivity contribution in [3.63, 3.8) is 0 Å². The maximum Gasteiger partial charge on any atom is 0.135 e. The maximum absolute atomic E-state index is 6.04. The number of imidazole rings is 1. The molecular formula is C19H16N2O. The van der Waals surface area contributed by atoms with Gasteiger partial charge in [-0.25, -0.2) is 4.98 Å². The summed E-state index contributed by atoms with van der Waals surface area (Å²) in [6.45, 7) is 2.10. The minimum atomic E-state index is 0.764. The van der Waals surface area contributed by atoms with Crippen LogP contribution in [-0.2, 0) is 6.42 Å². The van der Waals surface area contributed by atoms with Crippen LogP contribution in [0.5, 0.6) is 0 Å². The molecule has 0 fully saturated rings. The molecular weight excluding hydrogens is 272 g/mol. The van der Waals surface area contributed by atoms with Gasteiger partial charge in [0.15, 0.2) is 0 Å². The smallest absolute Gasteiger partial charge is 0.135 e. The molecule has 0 aliphatic heterocycles. The summed E-state index contributed by atoms with van der Waals surface area (Å²) in [6.07, 6.45) is 4.40. The summed E-state index contributed by atoms with van der Waals surface area (Å²) < 4.78 is 6.04. The van der Waals surface area contributed by atoms with Crippen LogP contribution in [0.3, 0.4) is 0 Å². The van der Waals surface area contributed by atoms with Crippen LogP contribution in [0.4, 0.5) is 0 Å². The second-order valence-corrected chi connectivity index (χ2v) is 5.52. The minimum Gasteiger partial charge on any atom is -0.456 e. The zero-order valence-corrected chi connectivity index (χ0v) is 12.3. The molecule has 0 amide bonds. The minimum absolute atomic E-state index is 0.764. The van der Waals surface area contributed by atoms with E-state index < -0.39 is 0 Å². The number of furan rings is 1. The van der Waals surface area contributed by atoms with E-state index in [1.165, 1.54) is 11.1 Å². The number of hydrogen-bond donors (Lipinski definition) is 1. The predicted molar refractivity (Wildman–Crippen MR) is 87.8 cm³/mol. The first-order valence-corrected chi connectivity index (χ1v) is 7.36. The van der Waals surface area contributed by atoms with Gasteiger partial charge in [0.1, 0.15) is 17.2 Å². The fourth-order valence-electron chi connectivity index (χ4n) is 2.76. The number of nitrogens with zero attached hydrogens (tertiary/aromatic N) is 1. The van der Waals surface area contributed by atoms with Gasteiger partial charge in [0.25, 0.3) is 0 Å². The Hall–Kier alpha value is -2.81.